The van der Waals surface area contributed by atoms with Crippen molar-refractivity contribution >= 4 is 44.8 Å². The molecule has 0 aromatic heterocycles. The molecule has 0 saturated carbocycles. The Hall–Kier alpha value is -4.60. The van der Waals surface area contributed by atoms with Crippen LogP contribution in [-0.4, -0.2) is 33.7 Å². The van der Waals surface area contributed by atoms with Crippen LogP contribution in [-0.2, 0) is 4.74 Å². The van der Waals surface area contributed by atoms with Crippen LogP contribution in [0.3, 0.4) is 0 Å². The highest BCUT2D eigenvalue weighted by atomic mass is 79.9. The number of nitro benzene ring substituents is 1. The van der Waals surface area contributed by atoms with E-state index in [2.05, 4.69) is 15.9 Å². The van der Waals surface area contributed by atoms with Gasteiger partial charge in [0.1, 0.15) is 11.5 Å². The second-order valence-electron chi connectivity index (χ2n) is 10.3. The van der Waals surface area contributed by atoms with Crippen LogP contribution < -0.4 is 0 Å². The zero-order valence-corrected chi connectivity index (χ0v) is 22.7. The van der Waals surface area contributed by atoms with Crippen LogP contribution in [0, 0.1) is 15.5 Å². The molecule has 1 fully saturated rings. The van der Waals surface area contributed by atoms with Crippen LogP contribution in [0.4, 0.5) is 5.69 Å². The lowest BCUT2D eigenvalue weighted by molar-refractivity contribution is -0.384. The Balaban J connectivity index is 1.58. The molecule has 4 aromatic carbocycles. The van der Waals surface area contributed by atoms with Crippen molar-refractivity contribution in [2.75, 3.05) is 0 Å². The van der Waals surface area contributed by atoms with Gasteiger partial charge >= 0.3 is 0 Å². The molecule has 1 heterocycles. The van der Waals surface area contributed by atoms with Gasteiger partial charge in [-0.05, 0) is 23.3 Å². The van der Waals surface area contributed by atoms with Crippen LogP contribution in [0.1, 0.15) is 64.6 Å². The Morgan fingerprint density at radius 2 is 1.07 bits per heavy atom. The number of hydrogen-bond donors (Lipinski definition) is 0. The van der Waals surface area contributed by atoms with E-state index in [-0.39, 0.29) is 33.5 Å². The van der Waals surface area contributed by atoms with Gasteiger partial charge in [0.25, 0.3) is 5.69 Å². The predicted molar refractivity (Wildman–Crippen MR) is 149 cm³/mol. The molecule has 0 radical (unpaired) electrons. The van der Waals surface area contributed by atoms with Crippen LogP contribution >= 0.6 is 15.9 Å². The molecule has 41 heavy (non-hydrogen) atoms. The monoisotopic (exact) mass is 607 g/mol. The normalized spacial score (nSPS) is 21.5. The summed E-state index contributed by atoms with van der Waals surface area (Å²) in [5.41, 5.74) is -3.25. The van der Waals surface area contributed by atoms with E-state index in [4.69, 9.17) is 4.74 Å². The first-order chi connectivity index (χ1) is 19.7. The van der Waals surface area contributed by atoms with E-state index in [0.29, 0.717) is 5.56 Å². The van der Waals surface area contributed by atoms with Crippen LogP contribution in [0.5, 0.6) is 0 Å². The number of nitrogens with zero attached hydrogens (tertiary/aromatic N) is 1. The lowest BCUT2D eigenvalue weighted by Crippen LogP contribution is -2.51. The van der Waals surface area contributed by atoms with Crippen molar-refractivity contribution in [2.45, 2.75) is 17.6 Å². The predicted octanol–water partition coefficient (Wildman–Crippen LogP) is 6.10. The number of fused-ring (bicyclic) bond motifs is 2. The van der Waals surface area contributed by atoms with Crippen LogP contribution in [0.2, 0.25) is 0 Å². The number of benzene rings is 4. The van der Waals surface area contributed by atoms with E-state index in [1.165, 1.54) is 36.4 Å². The van der Waals surface area contributed by atoms with Crippen molar-refractivity contribution in [2.24, 2.45) is 5.41 Å². The number of ether oxygens (including phenoxy) is 1. The highest BCUT2D eigenvalue weighted by Crippen LogP contribution is 2.67. The molecule has 9 heteroatoms. The number of carbonyl (C=O) groups excluding carboxylic acids is 4. The SMILES string of the molecule is O=C1c2ccccc2C(=O)C12O[C@H](c1ccc(Br)cc1)C1(C(=O)c3ccccc3C1=O)[C@@H]2c1ccc([N+](=O)[O-])cc1. The average molecular weight is 608 g/mol. The number of rotatable bonds is 3. The number of non-ortho nitro benzene ring substituents is 1. The number of ketones is 4. The van der Waals surface area contributed by atoms with E-state index in [0.717, 1.165) is 4.47 Å². The topological polar surface area (TPSA) is 121 Å². The fourth-order valence-corrected chi connectivity index (χ4v) is 7.02. The third-order valence-electron chi connectivity index (χ3n) is 8.45. The fourth-order valence-electron chi connectivity index (χ4n) is 6.75. The van der Waals surface area contributed by atoms with Gasteiger partial charge in [-0.3, -0.25) is 29.3 Å². The number of halogens is 1. The van der Waals surface area contributed by atoms with Gasteiger partial charge in [-0.1, -0.05) is 88.7 Å². The van der Waals surface area contributed by atoms with E-state index >= 15 is 0 Å². The van der Waals surface area contributed by atoms with Gasteiger partial charge in [-0.2, -0.15) is 0 Å². The molecule has 200 valence electrons. The lowest BCUT2D eigenvalue weighted by Gasteiger charge is -2.34. The second kappa shape index (κ2) is 8.70. The second-order valence-corrected chi connectivity index (χ2v) is 11.3. The molecule has 8 nitrogen and oxygen atoms in total. The van der Waals surface area contributed by atoms with Gasteiger partial charge in [0.2, 0.25) is 17.2 Å². The number of nitro groups is 1. The molecular weight excluding hydrogens is 590 g/mol. The maximum absolute atomic E-state index is 14.6. The van der Waals surface area contributed by atoms with Gasteiger partial charge in [-0.25, -0.2) is 0 Å². The van der Waals surface area contributed by atoms with Crippen molar-refractivity contribution < 1.29 is 28.8 Å². The van der Waals surface area contributed by atoms with Gasteiger partial charge in [0, 0.05) is 38.9 Å². The molecule has 0 unspecified atom stereocenters. The summed E-state index contributed by atoms with van der Waals surface area (Å²) in [5, 5.41) is 11.5. The fraction of sp³-hybridized carbons (Fsp3) is 0.125. The number of Topliss-reactive ketones (excluding diaryl/α,β-unsaturated/α-hetero) is 4. The summed E-state index contributed by atoms with van der Waals surface area (Å²) in [4.78, 5) is 68.9. The quantitative estimate of drug-likeness (QED) is 0.157. The van der Waals surface area contributed by atoms with Gasteiger partial charge < -0.3 is 4.74 Å². The summed E-state index contributed by atoms with van der Waals surface area (Å²) < 4.78 is 7.35. The van der Waals surface area contributed by atoms with E-state index in [1.54, 1.807) is 60.7 Å². The molecule has 1 saturated heterocycles. The third-order valence-corrected chi connectivity index (χ3v) is 8.98. The molecule has 3 aliphatic rings. The molecule has 0 bridgehead atoms. The summed E-state index contributed by atoms with van der Waals surface area (Å²) >= 11 is 3.40. The van der Waals surface area contributed by atoms with Crippen molar-refractivity contribution in [3.63, 3.8) is 0 Å². The Labute approximate surface area is 241 Å². The minimum Gasteiger partial charge on any atom is -0.348 e. The standard InChI is InChI=1S/C32H18BrNO7/c33-19-13-9-18(10-14-19)30-31(26(35)21-5-1-2-6-22(21)27(31)36)25(17-11-15-20(16-12-17)34(39)40)32(41-30)28(37)23-7-3-4-8-24(23)29(32)38/h1-16,25,30H/t25-,30+/m0/s1. The summed E-state index contributed by atoms with van der Waals surface area (Å²) in [6.07, 6.45) is -1.31. The molecule has 0 N–H and O–H groups in total. The molecule has 4 aromatic rings. The highest BCUT2D eigenvalue weighted by Gasteiger charge is 2.79. The van der Waals surface area contributed by atoms with Gasteiger partial charge in [-0.15, -0.1) is 0 Å². The molecule has 2 atom stereocenters. The molecule has 2 aliphatic carbocycles. The Bertz CT molecular complexity index is 1770. The van der Waals surface area contributed by atoms with Gasteiger partial charge in [0.15, 0.2) is 11.6 Å². The number of carbonyl (C=O) groups is 4. The van der Waals surface area contributed by atoms with Crippen LogP contribution in [0.15, 0.2) is 102 Å². The minimum atomic E-state index is -2.26. The maximum Gasteiger partial charge on any atom is 0.269 e. The highest BCUT2D eigenvalue weighted by molar-refractivity contribution is 9.10. The Kier molecular flexibility index (Phi) is 5.38. The minimum absolute atomic E-state index is 0.131. The Morgan fingerprint density at radius 1 is 0.634 bits per heavy atom. The first-order valence-corrected chi connectivity index (χ1v) is 13.6. The first-order valence-electron chi connectivity index (χ1n) is 12.8. The largest absolute Gasteiger partial charge is 0.348 e. The zero-order valence-electron chi connectivity index (χ0n) is 21.1. The molecule has 1 aliphatic heterocycles. The van der Waals surface area contributed by atoms with E-state index in [9.17, 15) is 29.3 Å². The van der Waals surface area contributed by atoms with Crippen molar-refractivity contribution in [3.05, 3.63) is 145 Å². The van der Waals surface area contributed by atoms with Crippen molar-refractivity contribution in [1.29, 1.82) is 0 Å². The Morgan fingerprint density at radius 3 is 1.54 bits per heavy atom. The smallest absolute Gasteiger partial charge is 0.269 e. The average Bonchev–Trinajstić information content (AvgIpc) is 3.51. The molecule has 2 spiro atoms. The van der Waals surface area contributed by atoms with E-state index < -0.39 is 51.1 Å². The summed E-state index contributed by atoms with van der Waals surface area (Å²) in [7, 11) is 0. The van der Waals surface area contributed by atoms with Crippen LogP contribution in [0.25, 0.3) is 0 Å². The summed E-state index contributed by atoms with van der Waals surface area (Å²) in [6.45, 7) is 0. The molecular formula is C32H18BrNO7. The van der Waals surface area contributed by atoms with Crippen molar-refractivity contribution in [1.82, 2.24) is 0 Å². The molecule has 7 rings (SSSR count). The maximum atomic E-state index is 14.6. The van der Waals surface area contributed by atoms with Gasteiger partial charge in [0.05, 0.1) is 10.8 Å². The number of hydrogen-bond acceptors (Lipinski definition) is 7. The molecule has 0 amide bonds. The third kappa shape index (κ3) is 3.13. The summed E-state index contributed by atoms with van der Waals surface area (Å²) in [6, 6.07) is 24.8. The zero-order chi connectivity index (χ0) is 28.7. The lowest BCUT2D eigenvalue weighted by atomic mass is 9.60. The van der Waals surface area contributed by atoms with Crippen molar-refractivity contribution in [3.8, 4) is 0 Å². The summed E-state index contributed by atoms with van der Waals surface area (Å²) in [5.74, 6) is -3.86. The van der Waals surface area contributed by atoms with E-state index in [1.807, 2.05) is 0 Å². The first kappa shape index (κ1) is 25.4.